The predicted molar refractivity (Wildman–Crippen MR) is 95.6 cm³/mol. The van der Waals surface area contributed by atoms with Crippen molar-refractivity contribution >= 4 is 11.5 Å². The summed E-state index contributed by atoms with van der Waals surface area (Å²) in [5.41, 5.74) is 5.13. The van der Waals surface area contributed by atoms with E-state index in [2.05, 4.69) is 65.3 Å². The molecule has 4 rings (SSSR count). The van der Waals surface area contributed by atoms with Crippen molar-refractivity contribution in [3.63, 3.8) is 0 Å². The Hall–Kier alpha value is -2.13. The van der Waals surface area contributed by atoms with Gasteiger partial charge in [0, 0.05) is 38.2 Å². The summed E-state index contributed by atoms with van der Waals surface area (Å²) >= 11 is 0. The maximum Gasteiger partial charge on any atom is 0.136 e. The van der Waals surface area contributed by atoms with Crippen molar-refractivity contribution < 1.29 is 0 Å². The molecular formula is C20H23N3. The number of aliphatic imine (C=N–C) groups is 1. The van der Waals surface area contributed by atoms with E-state index in [4.69, 9.17) is 4.99 Å². The van der Waals surface area contributed by atoms with Gasteiger partial charge in [0.1, 0.15) is 5.84 Å². The van der Waals surface area contributed by atoms with Gasteiger partial charge in [-0.3, -0.25) is 0 Å². The molecule has 0 saturated carbocycles. The molecule has 1 saturated heterocycles. The number of fused-ring (bicyclic) bond motifs is 2. The number of nitrogens with zero attached hydrogens (tertiary/aromatic N) is 3. The zero-order valence-corrected chi connectivity index (χ0v) is 13.7. The summed E-state index contributed by atoms with van der Waals surface area (Å²) in [5, 5.41) is 0. The van der Waals surface area contributed by atoms with E-state index in [1.807, 2.05) is 0 Å². The second kappa shape index (κ2) is 6.17. The summed E-state index contributed by atoms with van der Waals surface area (Å²) in [6.45, 7) is 7.75. The highest BCUT2D eigenvalue weighted by atomic mass is 15.3. The molecule has 0 spiro atoms. The second-order valence-electron chi connectivity index (χ2n) is 6.32. The van der Waals surface area contributed by atoms with Gasteiger partial charge in [0.25, 0.3) is 0 Å². The van der Waals surface area contributed by atoms with Gasteiger partial charge in [-0.1, -0.05) is 49.4 Å². The molecule has 0 bridgehead atoms. The normalized spacial score (nSPS) is 18.0. The van der Waals surface area contributed by atoms with Crippen LogP contribution in [0.1, 0.15) is 23.6 Å². The van der Waals surface area contributed by atoms with Crippen LogP contribution in [0.4, 0.5) is 5.69 Å². The van der Waals surface area contributed by atoms with E-state index in [1.54, 1.807) is 0 Å². The minimum Gasteiger partial charge on any atom is -0.354 e. The lowest BCUT2D eigenvalue weighted by molar-refractivity contribution is 0.190. The molecule has 0 aromatic heterocycles. The smallest absolute Gasteiger partial charge is 0.136 e. The third-order valence-electron chi connectivity index (χ3n) is 4.98. The van der Waals surface area contributed by atoms with Crippen LogP contribution >= 0.6 is 0 Å². The molecule has 2 aromatic carbocycles. The summed E-state index contributed by atoms with van der Waals surface area (Å²) in [6.07, 6.45) is 0.967. The maximum atomic E-state index is 5.08. The first-order chi connectivity index (χ1) is 11.3. The number of hydrogen-bond donors (Lipinski definition) is 0. The molecule has 0 radical (unpaired) electrons. The van der Waals surface area contributed by atoms with Crippen LogP contribution in [0.5, 0.6) is 0 Å². The topological polar surface area (TPSA) is 18.8 Å². The van der Waals surface area contributed by atoms with Gasteiger partial charge in [0.2, 0.25) is 0 Å². The number of hydrogen-bond acceptors (Lipinski definition) is 3. The van der Waals surface area contributed by atoms with Gasteiger partial charge in [-0.25, -0.2) is 4.99 Å². The van der Waals surface area contributed by atoms with Crippen molar-refractivity contribution in [2.45, 2.75) is 13.3 Å². The van der Waals surface area contributed by atoms with Crippen molar-refractivity contribution in [2.75, 3.05) is 32.7 Å². The molecule has 23 heavy (non-hydrogen) atoms. The highest BCUT2D eigenvalue weighted by Gasteiger charge is 2.24. The monoisotopic (exact) mass is 305 g/mol. The average Bonchev–Trinajstić information content (AvgIpc) is 2.78. The van der Waals surface area contributed by atoms with Gasteiger partial charge in [0.15, 0.2) is 0 Å². The lowest BCUT2D eigenvalue weighted by Crippen LogP contribution is -2.48. The van der Waals surface area contributed by atoms with Crippen LogP contribution < -0.4 is 0 Å². The minimum atomic E-state index is 0.967. The zero-order chi connectivity index (χ0) is 15.6. The predicted octanol–water partition coefficient (Wildman–Crippen LogP) is 3.31. The Kier molecular flexibility index (Phi) is 3.88. The summed E-state index contributed by atoms with van der Waals surface area (Å²) in [6, 6.07) is 17.3. The zero-order valence-electron chi connectivity index (χ0n) is 13.7. The molecule has 0 aliphatic carbocycles. The fourth-order valence-corrected chi connectivity index (χ4v) is 3.56. The molecule has 3 nitrogen and oxygen atoms in total. The summed E-state index contributed by atoms with van der Waals surface area (Å²) in [5.74, 6) is 1.15. The molecule has 2 aliphatic heterocycles. The van der Waals surface area contributed by atoms with E-state index in [1.165, 1.54) is 16.7 Å². The van der Waals surface area contributed by atoms with Crippen molar-refractivity contribution in [1.29, 1.82) is 0 Å². The number of piperazine rings is 1. The molecule has 0 atom stereocenters. The van der Waals surface area contributed by atoms with Crippen LogP contribution in [0.15, 0.2) is 53.5 Å². The van der Waals surface area contributed by atoms with Gasteiger partial charge < -0.3 is 9.80 Å². The number of likely N-dealkylation sites (N-methyl/N-ethyl adjacent to an activating group) is 1. The van der Waals surface area contributed by atoms with Gasteiger partial charge in [-0.05, 0) is 23.7 Å². The summed E-state index contributed by atoms with van der Waals surface area (Å²) < 4.78 is 0. The Morgan fingerprint density at radius 3 is 2.35 bits per heavy atom. The fourth-order valence-electron chi connectivity index (χ4n) is 3.56. The molecule has 2 aromatic rings. The van der Waals surface area contributed by atoms with Crippen molar-refractivity contribution in [3.8, 4) is 0 Å². The highest BCUT2D eigenvalue weighted by Crippen LogP contribution is 2.29. The van der Waals surface area contributed by atoms with Gasteiger partial charge >= 0.3 is 0 Å². The van der Waals surface area contributed by atoms with E-state index in [9.17, 15) is 0 Å². The third kappa shape index (κ3) is 2.77. The summed E-state index contributed by atoms with van der Waals surface area (Å²) in [4.78, 5) is 10.1. The Morgan fingerprint density at radius 2 is 1.57 bits per heavy atom. The molecule has 0 N–H and O–H groups in total. The lowest BCUT2D eigenvalue weighted by Gasteiger charge is -2.36. The second-order valence-corrected chi connectivity index (χ2v) is 6.32. The molecule has 0 unspecified atom stereocenters. The number of rotatable bonds is 1. The van der Waals surface area contributed by atoms with E-state index >= 15 is 0 Å². The van der Waals surface area contributed by atoms with Crippen LogP contribution in [0, 0.1) is 0 Å². The third-order valence-corrected chi connectivity index (χ3v) is 4.98. The van der Waals surface area contributed by atoms with Crippen LogP contribution in [0.25, 0.3) is 0 Å². The quantitative estimate of drug-likeness (QED) is 0.805. The first-order valence-electron chi connectivity index (χ1n) is 8.57. The Labute approximate surface area is 138 Å². The Morgan fingerprint density at radius 1 is 0.870 bits per heavy atom. The molecular weight excluding hydrogens is 282 g/mol. The van der Waals surface area contributed by atoms with Crippen LogP contribution in [-0.4, -0.2) is 48.4 Å². The molecule has 1 fully saturated rings. The van der Waals surface area contributed by atoms with Crippen molar-refractivity contribution in [2.24, 2.45) is 4.99 Å². The summed E-state index contributed by atoms with van der Waals surface area (Å²) in [7, 11) is 0. The first-order valence-corrected chi connectivity index (χ1v) is 8.57. The van der Waals surface area contributed by atoms with E-state index in [0.29, 0.717) is 0 Å². The average molecular weight is 305 g/mol. The van der Waals surface area contributed by atoms with Gasteiger partial charge in [0.05, 0.1) is 5.69 Å². The minimum absolute atomic E-state index is 0.967. The molecule has 2 aliphatic rings. The van der Waals surface area contributed by atoms with E-state index < -0.39 is 0 Å². The molecule has 2 heterocycles. The number of para-hydroxylation sites is 1. The number of benzene rings is 2. The SMILES string of the molecule is CCN1CCN(C2=Nc3ccccc3Cc3ccccc32)CC1. The first kappa shape index (κ1) is 14.5. The van der Waals surface area contributed by atoms with Crippen LogP contribution in [0.3, 0.4) is 0 Å². The standard InChI is InChI=1S/C20H23N3/c1-2-22-11-13-23(14-12-22)20-18-9-5-3-7-16(18)15-17-8-4-6-10-19(17)21-20/h3-10H,2,11-15H2,1H3. The van der Waals surface area contributed by atoms with Crippen molar-refractivity contribution in [1.82, 2.24) is 9.80 Å². The van der Waals surface area contributed by atoms with E-state index in [-0.39, 0.29) is 0 Å². The maximum absolute atomic E-state index is 5.08. The van der Waals surface area contributed by atoms with Gasteiger partial charge in [-0.2, -0.15) is 0 Å². The van der Waals surface area contributed by atoms with Crippen molar-refractivity contribution in [3.05, 3.63) is 65.2 Å². The van der Waals surface area contributed by atoms with Crippen LogP contribution in [0.2, 0.25) is 0 Å². The van der Waals surface area contributed by atoms with Crippen LogP contribution in [-0.2, 0) is 6.42 Å². The highest BCUT2D eigenvalue weighted by molar-refractivity contribution is 6.02. The fraction of sp³-hybridized carbons (Fsp3) is 0.350. The van der Waals surface area contributed by atoms with E-state index in [0.717, 1.165) is 50.7 Å². The largest absolute Gasteiger partial charge is 0.354 e. The Bertz CT molecular complexity index is 727. The molecule has 0 amide bonds. The Balaban J connectivity index is 1.76. The van der Waals surface area contributed by atoms with Gasteiger partial charge in [-0.15, -0.1) is 0 Å². The molecule has 118 valence electrons. The lowest BCUT2D eigenvalue weighted by atomic mass is 9.99. The number of amidine groups is 1. The molecule has 3 heteroatoms.